The van der Waals surface area contributed by atoms with E-state index in [1.165, 1.54) is 0 Å². The van der Waals surface area contributed by atoms with Crippen LogP contribution in [-0.4, -0.2) is 62.5 Å². The lowest BCUT2D eigenvalue weighted by Gasteiger charge is -2.35. The van der Waals surface area contributed by atoms with Gasteiger partial charge < -0.3 is 16.0 Å². The highest BCUT2D eigenvalue weighted by Gasteiger charge is 2.30. The van der Waals surface area contributed by atoms with E-state index in [2.05, 4.69) is 20.9 Å². The molecule has 0 aliphatic carbocycles. The summed E-state index contributed by atoms with van der Waals surface area (Å²) in [5, 5.41) is 9.01. The summed E-state index contributed by atoms with van der Waals surface area (Å²) >= 11 is 0. The summed E-state index contributed by atoms with van der Waals surface area (Å²) in [5.74, 6) is 0.823. The fourth-order valence-corrected chi connectivity index (χ4v) is 2.73. The standard InChI is InChI=1S/C14H26N4O2/c1-10(11-7-16-8-11)14(20)17-12-3-5-18(6-4-12)9-13(19)15-2/h10-12,16H,3-9H2,1-2H3,(H,15,19)(H,17,20). The summed E-state index contributed by atoms with van der Waals surface area (Å²) < 4.78 is 0. The SMILES string of the molecule is CNC(=O)CN1CCC(NC(=O)C(C)C2CNC2)CC1. The molecule has 0 spiro atoms. The zero-order valence-corrected chi connectivity index (χ0v) is 12.4. The maximum atomic E-state index is 12.1. The molecule has 2 amide bonds. The molecule has 1 atom stereocenters. The van der Waals surface area contributed by atoms with E-state index < -0.39 is 0 Å². The van der Waals surface area contributed by atoms with Crippen molar-refractivity contribution in [3.05, 3.63) is 0 Å². The van der Waals surface area contributed by atoms with Crippen LogP contribution in [0, 0.1) is 11.8 Å². The third-order valence-electron chi connectivity index (χ3n) is 4.51. The molecule has 3 N–H and O–H groups in total. The number of likely N-dealkylation sites (N-methyl/N-ethyl adjacent to an activating group) is 1. The van der Waals surface area contributed by atoms with Crippen LogP contribution in [-0.2, 0) is 9.59 Å². The van der Waals surface area contributed by atoms with Crippen molar-refractivity contribution in [1.29, 1.82) is 0 Å². The summed E-state index contributed by atoms with van der Waals surface area (Å²) in [6, 6.07) is 0.263. The first-order chi connectivity index (χ1) is 9.60. The Morgan fingerprint density at radius 1 is 1.30 bits per heavy atom. The van der Waals surface area contributed by atoms with Gasteiger partial charge >= 0.3 is 0 Å². The van der Waals surface area contributed by atoms with Gasteiger partial charge in [0.25, 0.3) is 0 Å². The van der Waals surface area contributed by atoms with Crippen molar-refractivity contribution in [2.45, 2.75) is 25.8 Å². The zero-order chi connectivity index (χ0) is 14.5. The molecule has 2 aliphatic heterocycles. The van der Waals surface area contributed by atoms with Crippen molar-refractivity contribution in [1.82, 2.24) is 20.9 Å². The van der Waals surface area contributed by atoms with Crippen molar-refractivity contribution >= 4 is 11.8 Å². The third-order valence-corrected chi connectivity index (χ3v) is 4.51. The van der Waals surface area contributed by atoms with Crippen LogP contribution in [0.2, 0.25) is 0 Å². The summed E-state index contributed by atoms with van der Waals surface area (Å²) in [6.45, 7) is 6.14. The van der Waals surface area contributed by atoms with Crippen LogP contribution in [0.5, 0.6) is 0 Å². The predicted molar refractivity (Wildman–Crippen MR) is 77.2 cm³/mol. The Bertz CT molecular complexity index is 349. The average molecular weight is 282 g/mol. The first-order valence-electron chi connectivity index (χ1n) is 7.54. The van der Waals surface area contributed by atoms with E-state index in [0.717, 1.165) is 39.0 Å². The van der Waals surface area contributed by atoms with Crippen LogP contribution in [0.3, 0.4) is 0 Å². The molecule has 2 heterocycles. The molecule has 2 saturated heterocycles. The topological polar surface area (TPSA) is 73.5 Å². The van der Waals surface area contributed by atoms with Gasteiger partial charge in [0.1, 0.15) is 0 Å². The maximum Gasteiger partial charge on any atom is 0.233 e. The van der Waals surface area contributed by atoms with Gasteiger partial charge in [0.15, 0.2) is 0 Å². The molecule has 0 aromatic heterocycles. The highest BCUT2D eigenvalue weighted by atomic mass is 16.2. The molecular weight excluding hydrogens is 256 g/mol. The summed E-state index contributed by atoms with van der Waals surface area (Å²) in [7, 11) is 1.66. The lowest BCUT2D eigenvalue weighted by Crippen LogP contribution is -2.52. The van der Waals surface area contributed by atoms with Crippen molar-refractivity contribution < 1.29 is 9.59 Å². The number of hydrogen-bond donors (Lipinski definition) is 3. The van der Waals surface area contributed by atoms with Gasteiger partial charge in [-0.15, -0.1) is 0 Å². The number of nitrogens with one attached hydrogen (secondary N) is 3. The summed E-state index contributed by atoms with van der Waals surface area (Å²) in [5.41, 5.74) is 0. The number of amides is 2. The number of hydrogen-bond acceptors (Lipinski definition) is 4. The molecule has 6 nitrogen and oxygen atoms in total. The van der Waals surface area contributed by atoms with Crippen molar-refractivity contribution in [2.24, 2.45) is 11.8 Å². The normalized spacial score (nSPS) is 22.9. The van der Waals surface area contributed by atoms with E-state index in [1.807, 2.05) is 6.92 Å². The van der Waals surface area contributed by atoms with E-state index in [-0.39, 0.29) is 23.8 Å². The van der Waals surface area contributed by atoms with E-state index in [0.29, 0.717) is 12.5 Å². The van der Waals surface area contributed by atoms with E-state index >= 15 is 0 Å². The number of carbonyl (C=O) groups is 2. The van der Waals surface area contributed by atoms with E-state index in [1.54, 1.807) is 7.05 Å². The Balaban J connectivity index is 1.68. The Morgan fingerprint density at radius 2 is 1.95 bits per heavy atom. The minimum Gasteiger partial charge on any atom is -0.358 e. The van der Waals surface area contributed by atoms with E-state index in [4.69, 9.17) is 0 Å². The molecule has 2 aliphatic rings. The first-order valence-corrected chi connectivity index (χ1v) is 7.54. The molecule has 0 aromatic carbocycles. The molecule has 6 heteroatoms. The molecule has 0 saturated carbocycles. The van der Waals surface area contributed by atoms with Crippen molar-refractivity contribution in [2.75, 3.05) is 39.8 Å². The average Bonchev–Trinajstić information content (AvgIpc) is 2.38. The maximum absolute atomic E-state index is 12.1. The molecule has 0 radical (unpaired) electrons. The van der Waals surface area contributed by atoms with Gasteiger partial charge in [-0.25, -0.2) is 0 Å². The van der Waals surface area contributed by atoms with Gasteiger partial charge in [-0.2, -0.15) is 0 Å². The monoisotopic (exact) mass is 282 g/mol. The fourth-order valence-electron chi connectivity index (χ4n) is 2.73. The minimum atomic E-state index is 0.0543. The predicted octanol–water partition coefficient (Wildman–Crippen LogP) is -0.831. The molecule has 1 unspecified atom stereocenters. The Kier molecular flexibility index (Phi) is 5.37. The minimum absolute atomic E-state index is 0.0543. The Hall–Kier alpha value is -1.14. The lowest BCUT2D eigenvalue weighted by molar-refractivity contribution is -0.128. The summed E-state index contributed by atoms with van der Waals surface area (Å²) in [6.07, 6.45) is 1.86. The quantitative estimate of drug-likeness (QED) is 0.615. The summed E-state index contributed by atoms with van der Waals surface area (Å²) in [4.78, 5) is 25.6. The second kappa shape index (κ2) is 7.04. The number of likely N-dealkylation sites (tertiary alicyclic amines) is 1. The Morgan fingerprint density at radius 3 is 2.45 bits per heavy atom. The van der Waals surface area contributed by atoms with Crippen LogP contribution in [0.1, 0.15) is 19.8 Å². The number of rotatable bonds is 5. The first kappa shape index (κ1) is 15.3. The van der Waals surface area contributed by atoms with Gasteiger partial charge in [0.2, 0.25) is 11.8 Å². The molecule has 0 bridgehead atoms. The van der Waals surface area contributed by atoms with Gasteiger partial charge in [-0.3, -0.25) is 14.5 Å². The van der Waals surface area contributed by atoms with Crippen LogP contribution < -0.4 is 16.0 Å². The third kappa shape index (κ3) is 3.93. The lowest BCUT2D eigenvalue weighted by atomic mass is 9.88. The highest BCUT2D eigenvalue weighted by molar-refractivity contribution is 5.79. The Labute approximate surface area is 120 Å². The van der Waals surface area contributed by atoms with Gasteiger partial charge in [-0.1, -0.05) is 6.92 Å². The molecule has 20 heavy (non-hydrogen) atoms. The second-order valence-electron chi connectivity index (χ2n) is 5.94. The number of piperidine rings is 1. The van der Waals surface area contributed by atoms with Crippen LogP contribution in [0.4, 0.5) is 0 Å². The van der Waals surface area contributed by atoms with Gasteiger partial charge in [-0.05, 0) is 31.8 Å². The van der Waals surface area contributed by atoms with Crippen molar-refractivity contribution in [3.8, 4) is 0 Å². The highest BCUT2D eigenvalue weighted by Crippen LogP contribution is 2.17. The molecule has 2 rings (SSSR count). The second-order valence-corrected chi connectivity index (χ2v) is 5.94. The van der Waals surface area contributed by atoms with Crippen molar-refractivity contribution in [3.63, 3.8) is 0 Å². The van der Waals surface area contributed by atoms with E-state index in [9.17, 15) is 9.59 Å². The largest absolute Gasteiger partial charge is 0.358 e. The number of carbonyl (C=O) groups excluding carboxylic acids is 2. The molecular formula is C14H26N4O2. The van der Waals surface area contributed by atoms with Gasteiger partial charge in [0.05, 0.1) is 6.54 Å². The van der Waals surface area contributed by atoms with Crippen LogP contribution >= 0.6 is 0 Å². The van der Waals surface area contributed by atoms with Crippen LogP contribution in [0.15, 0.2) is 0 Å². The van der Waals surface area contributed by atoms with Crippen LogP contribution in [0.25, 0.3) is 0 Å². The molecule has 114 valence electrons. The number of nitrogens with zero attached hydrogens (tertiary/aromatic N) is 1. The zero-order valence-electron chi connectivity index (χ0n) is 12.4. The molecule has 0 aromatic rings. The fraction of sp³-hybridized carbons (Fsp3) is 0.857. The smallest absolute Gasteiger partial charge is 0.233 e. The molecule has 2 fully saturated rings. The van der Waals surface area contributed by atoms with Gasteiger partial charge in [0, 0.05) is 32.1 Å².